The SMILES string of the molecule is C=Cc1ccc(C(N=C(C)C2=CCC(CC(CC)CCCC)c3ccccc32)=NC(C)c2ccc(C=C)c(C)c2C=C)c(C=C)c1C. The predicted molar refractivity (Wildman–Crippen MR) is 210 cm³/mol. The van der Waals surface area contributed by atoms with E-state index < -0.39 is 0 Å². The Kier molecular flexibility index (Phi) is 12.5. The Morgan fingerprint density at radius 1 is 0.872 bits per heavy atom. The first-order chi connectivity index (χ1) is 22.7. The van der Waals surface area contributed by atoms with E-state index in [1.165, 1.54) is 48.8 Å². The summed E-state index contributed by atoms with van der Waals surface area (Å²) in [5.74, 6) is 2.01. The highest BCUT2D eigenvalue weighted by Crippen LogP contribution is 2.40. The molecule has 244 valence electrons. The van der Waals surface area contributed by atoms with E-state index in [0.717, 1.165) is 62.6 Å². The fourth-order valence-electron chi connectivity index (χ4n) is 7.22. The molecule has 0 fully saturated rings. The van der Waals surface area contributed by atoms with Crippen molar-refractivity contribution in [1.29, 1.82) is 0 Å². The number of hydrogen-bond acceptors (Lipinski definition) is 1. The third-order valence-electron chi connectivity index (χ3n) is 10.1. The molecule has 4 rings (SSSR count). The highest BCUT2D eigenvalue weighted by molar-refractivity contribution is 6.27. The Morgan fingerprint density at radius 2 is 1.53 bits per heavy atom. The second-order valence-corrected chi connectivity index (χ2v) is 13.0. The predicted octanol–water partition coefficient (Wildman–Crippen LogP) is 13.0. The standard InChI is InChI=1S/C45H54N2/c1-11-17-20-34(12-2)29-37-25-27-41(43-22-19-18-21-42(37)43)33(10)47-45(44-28-24-36(14-4)31(8)39(44)16-6)46-32(9)40-26-23-35(13-3)30(7)38(40)15-5/h13-16,18-19,21-24,26-28,32,34,37H,3-6,11-12,17,20,25,29H2,1-2,7-10H3. The lowest BCUT2D eigenvalue weighted by Gasteiger charge is -2.29. The Bertz CT molecular complexity index is 1730. The molecule has 0 saturated heterocycles. The topological polar surface area (TPSA) is 24.7 Å². The summed E-state index contributed by atoms with van der Waals surface area (Å²) in [6.07, 6.45) is 17.5. The summed E-state index contributed by atoms with van der Waals surface area (Å²) in [5, 5.41) is 0. The molecule has 3 aromatic carbocycles. The minimum Gasteiger partial charge on any atom is -0.258 e. The average molecular weight is 623 g/mol. The van der Waals surface area contributed by atoms with E-state index >= 15 is 0 Å². The van der Waals surface area contributed by atoms with Crippen molar-refractivity contribution in [2.75, 3.05) is 0 Å². The summed E-state index contributed by atoms with van der Waals surface area (Å²) < 4.78 is 0. The van der Waals surface area contributed by atoms with Crippen LogP contribution in [0.2, 0.25) is 0 Å². The second kappa shape index (κ2) is 16.5. The number of unbranched alkanes of at least 4 members (excludes halogenated alkanes) is 1. The number of allylic oxidation sites excluding steroid dienone is 2. The van der Waals surface area contributed by atoms with Crippen LogP contribution in [0.5, 0.6) is 0 Å². The van der Waals surface area contributed by atoms with Crippen LogP contribution in [-0.4, -0.2) is 11.5 Å². The van der Waals surface area contributed by atoms with Crippen molar-refractivity contribution in [3.63, 3.8) is 0 Å². The van der Waals surface area contributed by atoms with Crippen molar-refractivity contribution in [1.82, 2.24) is 0 Å². The zero-order valence-corrected chi connectivity index (χ0v) is 29.7. The first-order valence-corrected chi connectivity index (χ1v) is 17.4. The second-order valence-electron chi connectivity index (χ2n) is 13.0. The first kappa shape index (κ1) is 35.6. The lowest BCUT2D eigenvalue weighted by atomic mass is 9.76. The van der Waals surface area contributed by atoms with E-state index in [2.05, 4.69) is 122 Å². The molecule has 1 aliphatic rings. The van der Waals surface area contributed by atoms with E-state index in [-0.39, 0.29) is 6.04 Å². The van der Waals surface area contributed by atoms with Crippen LogP contribution in [0.15, 0.2) is 90.9 Å². The molecule has 2 nitrogen and oxygen atoms in total. The quantitative estimate of drug-likeness (QED) is 0.126. The van der Waals surface area contributed by atoms with Crippen LogP contribution < -0.4 is 0 Å². The van der Waals surface area contributed by atoms with Gasteiger partial charge in [-0.15, -0.1) is 0 Å². The van der Waals surface area contributed by atoms with Crippen LogP contribution in [0.1, 0.15) is 134 Å². The van der Waals surface area contributed by atoms with Gasteiger partial charge in [-0.05, 0) is 114 Å². The molecule has 0 bridgehead atoms. The van der Waals surface area contributed by atoms with Crippen molar-refractivity contribution in [3.8, 4) is 0 Å². The number of hydrogen-bond donors (Lipinski definition) is 0. The highest BCUT2D eigenvalue weighted by atomic mass is 14.9. The number of aliphatic imine (C=N–C) groups is 2. The van der Waals surface area contributed by atoms with Gasteiger partial charge in [0, 0.05) is 11.3 Å². The van der Waals surface area contributed by atoms with E-state index in [1.54, 1.807) is 0 Å². The van der Waals surface area contributed by atoms with Gasteiger partial charge in [0.15, 0.2) is 5.84 Å². The molecule has 0 radical (unpaired) electrons. The Morgan fingerprint density at radius 3 is 2.17 bits per heavy atom. The van der Waals surface area contributed by atoms with Crippen LogP contribution in [-0.2, 0) is 0 Å². The maximum atomic E-state index is 5.38. The van der Waals surface area contributed by atoms with Crippen molar-refractivity contribution < 1.29 is 0 Å². The number of fused-ring (bicyclic) bond motifs is 1. The third-order valence-corrected chi connectivity index (χ3v) is 10.1. The zero-order chi connectivity index (χ0) is 34.1. The summed E-state index contributed by atoms with van der Waals surface area (Å²) in [4.78, 5) is 10.7. The summed E-state index contributed by atoms with van der Waals surface area (Å²) in [6, 6.07) is 17.3. The molecule has 0 spiro atoms. The third kappa shape index (κ3) is 7.82. The average Bonchev–Trinajstić information content (AvgIpc) is 3.09. The minimum atomic E-state index is -0.157. The Labute approximate surface area is 285 Å². The number of rotatable bonds is 14. The van der Waals surface area contributed by atoms with Crippen LogP contribution >= 0.6 is 0 Å². The van der Waals surface area contributed by atoms with E-state index in [0.29, 0.717) is 11.8 Å². The molecular weight excluding hydrogens is 569 g/mol. The van der Waals surface area contributed by atoms with Crippen LogP contribution in [0.25, 0.3) is 29.9 Å². The van der Waals surface area contributed by atoms with Gasteiger partial charge in [0.05, 0.1) is 6.04 Å². The zero-order valence-electron chi connectivity index (χ0n) is 29.7. The first-order valence-electron chi connectivity index (χ1n) is 17.4. The summed E-state index contributed by atoms with van der Waals surface area (Å²) >= 11 is 0. The van der Waals surface area contributed by atoms with Gasteiger partial charge in [0.25, 0.3) is 0 Å². The summed E-state index contributed by atoms with van der Waals surface area (Å²) in [5.41, 5.74) is 13.6. The molecule has 47 heavy (non-hydrogen) atoms. The lowest BCUT2D eigenvalue weighted by Crippen LogP contribution is -2.15. The molecule has 3 atom stereocenters. The van der Waals surface area contributed by atoms with Gasteiger partial charge >= 0.3 is 0 Å². The molecule has 0 heterocycles. The monoisotopic (exact) mass is 622 g/mol. The fourth-order valence-corrected chi connectivity index (χ4v) is 7.22. The van der Waals surface area contributed by atoms with Crippen molar-refractivity contribution >= 4 is 41.4 Å². The van der Waals surface area contributed by atoms with Gasteiger partial charge < -0.3 is 0 Å². The molecule has 0 N–H and O–H groups in total. The van der Waals surface area contributed by atoms with Gasteiger partial charge in [-0.3, -0.25) is 4.99 Å². The van der Waals surface area contributed by atoms with Gasteiger partial charge in [0.1, 0.15) is 0 Å². The maximum Gasteiger partial charge on any atom is 0.156 e. The number of benzene rings is 3. The Hall–Kier alpha value is -4.30. The van der Waals surface area contributed by atoms with Crippen LogP contribution in [0, 0.1) is 19.8 Å². The van der Waals surface area contributed by atoms with E-state index in [9.17, 15) is 0 Å². The number of nitrogens with zero attached hydrogens (tertiary/aromatic N) is 2. The normalized spacial score (nSPS) is 16.1. The van der Waals surface area contributed by atoms with E-state index in [4.69, 9.17) is 9.98 Å². The molecule has 3 aromatic rings. The van der Waals surface area contributed by atoms with Gasteiger partial charge in [-0.2, -0.15) is 0 Å². The summed E-state index contributed by atoms with van der Waals surface area (Å²) in [7, 11) is 0. The molecular formula is C45H54N2. The maximum absolute atomic E-state index is 5.38. The molecule has 1 aliphatic carbocycles. The molecule has 0 saturated carbocycles. The minimum absolute atomic E-state index is 0.157. The Balaban J connectivity index is 1.85. The van der Waals surface area contributed by atoms with Gasteiger partial charge in [-0.25, -0.2) is 4.99 Å². The smallest absolute Gasteiger partial charge is 0.156 e. The molecule has 0 aliphatic heterocycles. The van der Waals surface area contributed by atoms with Crippen molar-refractivity contribution in [2.24, 2.45) is 15.9 Å². The largest absolute Gasteiger partial charge is 0.258 e. The van der Waals surface area contributed by atoms with E-state index in [1.807, 2.05) is 24.3 Å². The van der Waals surface area contributed by atoms with Crippen LogP contribution in [0.4, 0.5) is 0 Å². The van der Waals surface area contributed by atoms with Crippen LogP contribution in [0.3, 0.4) is 0 Å². The molecule has 0 amide bonds. The van der Waals surface area contributed by atoms with Crippen molar-refractivity contribution in [3.05, 3.63) is 137 Å². The van der Waals surface area contributed by atoms with Crippen molar-refractivity contribution in [2.45, 2.75) is 92.0 Å². The van der Waals surface area contributed by atoms with Gasteiger partial charge in [-0.1, -0.05) is 139 Å². The molecule has 0 aromatic heterocycles. The summed E-state index contributed by atoms with van der Waals surface area (Å²) in [6.45, 7) is 29.5. The fraction of sp³-hybridized carbons (Fsp3) is 0.333. The molecule has 2 heteroatoms. The number of amidine groups is 1. The molecule has 3 unspecified atom stereocenters. The lowest BCUT2D eigenvalue weighted by molar-refractivity contribution is 0.384. The highest BCUT2D eigenvalue weighted by Gasteiger charge is 2.25. The van der Waals surface area contributed by atoms with Gasteiger partial charge in [0.2, 0.25) is 0 Å².